The lowest BCUT2D eigenvalue weighted by Crippen LogP contribution is -1.80. The van der Waals surface area contributed by atoms with Gasteiger partial charge in [0.25, 0.3) is 0 Å². The average molecular weight is 178 g/mol. The average Bonchev–Trinajstić information content (AvgIpc) is 2.16. The lowest BCUT2D eigenvalue weighted by Gasteiger charge is -2.00. The highest BCUT2D eigenvalue weighted by atomic mass is 14.0. The summed E-state index contributed by atoms with van der Waals surface area (Å²) in [4.78, 5) is 0. The second-order valence-electron chi connectivity index (χ2n) is 3.24. The van der Waals surface area contributed by atoms with Gasteiger partial charge >= 0.3 is 0 Å². The van der Waals surface area contributed by atoms with Crippen LogP contribution < -0.4 is 0 Å². The molecule has 0 amide bonds. The van der Waals surface area contributed by atoms with Gasteiger partial charge in [0, 0.05) is 0 Å². The highest BCUT2D eigenvalue weighted by molar-refractivity contribution is 5.06. The van der Waals surface area contributed by atoms with Crippen LogP contribution in [0.4, 0.5) is 0 Å². The first kappa shape index (κ1) is 12.2. The zero-order chi connectivity index (χ0) is 9.94. The van der Waals surface area contributed by atoms with E-state index >= 15 is 0 Å². The largest absolute Gasteiger partial charge is 0.103 e. The predicted octanol–water partition coefficient (Wildman–Crippen LogP) is 4.65. The molecule has 0 aromatic carbocycles. The van der Waals surface area contributed by atoms with Gasteiger partial charge in [-0.15, -0.1) is 6.58 Å². The zero-order valence-electron chi connectivity index (χ0n) is 9.05. The van der Waals surface area contributed by atoms with Crippen molar-refractivity contribution >= 4 is 0 Å². The van der Waals surface area contributed by atoms with Gasteiger partial charge in [0.2, 0.25) is 0 Å². The first-order valence-corrected chi connectivity index (χ1v) is 5.25. The van der Waals surface area contributed by atoms with E-state index in [-0.39, 0.29) is 0 Å². The molecule has 0 atom stereocenters. The Labute approximate surface area is 83.0 Å². The van der Waals surface area contributed by atoms with Crippen LogP contribution in [0.1, 0.15) is 46.0 Å². The molecule has 0 aromatic heterocycles. The molecule has 13 heavy (non-hydrogen) atoms. The van der Waals surface area contributed by atoms with Gasteiger partial charge in [0.1, 0.15) is 0 Å². The first-order chi connectivity index (χ1) is 6.35. The summed E-state index contributed by atoms with van der Waals surface area (Å²) in [7, 11) is 0. The Kier molecular flexibility index (Phi) is 8.75. The van der Waals surface area contributed by atoms with Crippen LogP contribution in [0, 0.1) is 0 Å². The van der Waals surface area contributed by atoms with Crippen molar-refractivity contribution in [3.8, 4) is 0 Å². The molecule has 0 unspecified atom stereocenters. The van der Waals surface area contributed by atoms with E-state index in [1.54, 1.807) is 0 Å². The van der Waals surface area contributed by atoms with Crippen molar-refractivity contribution in [2.24, 2.45) is 0 Å². The van der Waals surface area contributed by atoms with E-state index in [4.69, 9.17) is 0 Å². The second kappa shape index (κ2) is 9.31. The smallest absolute Gasteiger partial charge is 0.0142 e. The molecule has 0 heterocycles. The van der Waals surface area contributed by atoms with Gasteiger partial charge in [-0.3, -0.25) is 0 Å². The highest BCUT2D eigenvalue weighted by Crippen LogP contribution is 2.10. The van der Waals surface area contributed by atoms with Gasteiger partial charge < -0.3 is 0 Å². The van der Waals surface area contributed by atoms with Crippen molar-refractivity contribution < 1.29 is 0 Å². The van der Waals surface area contributed by atoms with E-state index in [0.717, 1.165) is 6.42 Å². The number of allylic oxidation sites excluding steroid dienone is 5. The fourth-order valence-electron chi connectivity index (χ4n) is 1.22. The third-order valence-electron chi connectivity index (χ3n) is 2.07. The first-order valence-electron chi connectivity index (χ1n) is 5.25. The lowest BCUT2D eigenvalue weighted by atomic mass is 10.1. The molecule has 0 spiro atoms. The van der Waals surface area contributed by atoms with Gasteiger partial charge in [-0.05, 0) is 32.6 Å². The summed E-state index contributed by atoms with van der Waals surface area (Å²) in [6.45, 7) is 8.06. The topological polar surface area (TPSA) is 0 Å². The lowest BCUT2D eigenvalue weighted by molar-refractivity contribution is 0.913. The Balaban J connectivity index is 3.55. The number of rotatable bonds is 7. The SMILES string of the molecule is C=CC/C(=C/C)CC/C=C/CCC. The van der Waals surface area contributed by atoms with Crippen molar-refractivity contribution in [1.29, 1.82) is 0 Å². The number of unbranched alkanes of at least 4 members (excludes halogenated alkanes) is 1. The summed E-state index contributed by atoms with van der Waals surface area (Å²) in [6, 6.07) is 0. The highest BCUT2D eigenvalue weighted by Gasteiger charge is 1.90. The van der Waals surface area contributed by atoms with Crippen molar-refractivity contribution in [2.75, 3.05) is 0 Å². The molecule has 0 aliphatic carbocycles. The van der Waals surface area contributed by atoms with Crippen LogP contribution in [0.3, 0.4) is 0 Å². The van der Waals surface area contributed by atoms with E-state index in [1.165, 1.54) is 31.3 Å². The zero-order valence-corrected chi connectivity index (χ0v) is 9.05. The second-order valence-corrected chi connectivity index (χ2v) is 3.24. The summed E-state index contributed by atoms with van der Waals surface area (Å²) in [5, 5.41) is 0. The normalized spacial score (nSPS) is 12.3. The Bertz CT molecular complexity index is 172. The Morgan fingerprint density at radius 3 is 2.46 bits per heavy atom. The van der Waals surface area contributed by atoms with E-state index < -0.39 is 0 Å². The van der Waals surface area contributed by atoms with E-state index in [2.05, 4.69) is 38.7 Å². The molecule has 0 aliphatic heterocycles. The quantitative estimate of drug-likeness (QED) is 0.498. The van der Waals surface area contributed by atoms with Crippen LogP contribution in [0.5, 0.6) is 0 Å². The van der Waals surface area contributed by atoms with Crippen LogP contribution >= 0.6 is 0 Å². The Morgan fingerprint density at radius 2 is 1.92 bits per heavy atom. The number of hydrogen-bond acceptors (Lipinski definition) is 0. The van der Waals surface area contributed by atoms with Crippen LogP contribution in [-0.4, -0.2) is 0 Å². The van der Waals surface area contributed by atoms with Gasteiger partial charge in [-0.1, -0.05) is 43.2 Å². The third-order valence-corrected chi connectivity index (χ3v) is 2.07. The van der Waals surface area contributed by atoms with Gasteiger partial charge in [0.05, 0.1) is 0 Å². The monoisotopic (exact) mass is 178 g/mol. The summed E-state index contributed by atoms with van der Waals surface area (Å²) < 4.78 is 0. The maximum absolute atomic E-state index is 3.75. The summed E-state index contributed by atoms with van der Waals surface area (Å²) in [5.41, 5.74) is 1.50. The molecule has 0 aliphatic rings. The van der Waals surface area contributed by atoms with Crippen molar-refractivity contribution in [1.82, 2.24) is 0 Å². The van der Waals surface area contributed by atoms with Gasteiger partial charge in [-0.25, -0.2) is 0 Å². The fourth-order valence-corrected chi connectivity index (χ4v) is 1.22. The van der Waals surface area contributed by atoms with Crippen LogP contribution in [-0.2, 0) is 0 Å². The van der Waals surface area contributed by atoms with Crippen molar-refractivity contribution in [3.05, 3.63) is 36.5 Å². The molecule has 0 rings (SSSR count). The molecule has 74 valence electrons. The molecule has 0 bridgehead atoms. The molecule has 0 nitrogen and oxygen atoms in total. The maximum atomic E-state index is 3.75. The predicted molar refractivity (Wildman–Crippen MR) is 61.9 cm³/mol. The van der Waals surface area contributed by atoms with Crippen LogP contribution in [0.2, 0.25) is 0 Å². The minimum atomic E-state index is 1.04. The molecular formula is C13H22. The molecule has 0 saturated carbocycles. The summed E-state index contributed by atoms with van der Waals surface area (Å²) in [5.74, 6) is 0. The molecule has 0 fully saturated rings. The molecule has 0 aromatic rings. The van der Waals surface area contributed by atoms with Gasteiger partial charge in [-0.2, -0.15) is 0 Å². The number of hydrogen-bond donors (Lipinski definition) is 0. The Hall–Kier alpha value is -0.780. The van der Waals surface area contributed by atoms with Crippen LogP contribution in [0.25, 0.3) is 0 Å². The summed E-state index contributed by atoms with van der Waals surface area (Å²) in [6.07, 6.45) is 14.6. The van der Waals surface area contributed by atoms with Gasteiger partial charge in [0.15, 0.2) is 0 Å². The van der Waals surface area contributed by atoms with Crippen molar-refractivity contribution in [2.45, 2.75) is 46.0 Å². The van der Waals surface area contributed by atoms with E-state index in [1.807, 2.05) is 6.08 Å². The minimum Gasteiger partial charge on any atom is -0.103 e. The fraction of sp³-hybridized carbons (Fsp3) is 0.538. The van der Waals surface area contributed by atoms with E-state index in [9.17, 15) is 0 Å². The maximum Gasteiger partial charge on any atom is -0.0142 e. The standard InChI is InChI=1S/C13H22/c1-4-7-8-9-10-12-13(6-3)11-5-2/h5-6,8-9H,2,4,7,10-12H2,1,3H3/b9-8+,13-6-. The van der Waals surface area contributed by atoms with Crippen LogP contribution in [0.15, 0.2) is 36.5 Å². The third kappa shape index (κ3) is 7.58. The minimum absolute atomic E-state index is 1.04. The molecule has 0 heteroatoms. The molecule has 0 N–H and O–H groups in total. The molecule has 0 radical (unpaired) electrons. The Morgan fingerprint density at radius 1 is 1.23 bits per heavy atom. The van der Waals surface area contributed by atoms with Crippen molar-refractivity contribution in [3.63, 3.8) is 0 Å². The summed E-state index contributed by atoms with van der Waals surface area (Å²) >= 11 is 0. The van der Waals surface area contributed by atoms with E-state index in [0.29, 0.717) is 0 Å². The molecular weight excluding hydrogens is 156 g/mol. The molecule has 0 saturated heterocycles.